The molecule has 8 atom stereocenters. The van der Waals surface area contributed by atoms with Gasteiger partial charge in [0.25, 0.3) is 11.5 Å². The average molecular weight is 495 g/mol. The maximum absolute atomic E-state index is 12.2. The van der Waals surface area contributed by atoms with Crippen LogP contribution in [-0.2, 0) is 23.1 Å². The molecule has 0 aromatic carbocycles. The smallest absolute Gasteiger partial charge is 0.394 e. The molecule has 17 nitrogen and oxygen atoms in total. The monoisotopic (exact) mass is 495 g/mol. The van der Waals surface area contributed by atoms with Gasteiger partial charge in [0, 0.05) is 0 Å². The number of phosphoric acid groups is 1. The fourth-order valence-corrected chi connectivity index (χ4v) is 4.44. The SMILES string of the molecule is Nc1nc2c(ncn2[C@@H]2O[C@H](COP(=O)(O)O[C@]3(O)C[C@H](O)[C@@H](CO)O3)[C@@H](O)[C@H]2O)c(=O)[nH]1. The maximum atomic E-state index is 12.2. The first kappa shape index (κ1) is 24.1. The highest BCUT2D eigenvalue weighted by Crippen LogP contribution is 2.50. The van der Waals surface area contributed by atoms with Crippen molar-refractivity contribution in [3.8, 4) is 0 Å². The zero-order valence-electron chi connectivity index (χ0n) is 16.7. The first-order valence-electron chi connectivity index (χ1n) is 9.54. The van der Waals surface area contributed by atoms with Crippen molar-refractivity contribution in [1.29, 1.82) is 0 Å². The van der Waals surface area contributed by atoms with E-state index in [9.17, 15) is 34.7 Å². The molecule has 33 heavy (non-hydrogen) atoms. The van der Waals surface area contributed by atoms with E-state index >= 15 is 0 Å². The molecule has 2 aromatic heterocycles. The summed E-state index contributed by atoms with van der Waals surface area (Å²) in [6, 6.07) is 0. The molecule has 2 fully saturated rings. The Morgan fingerprint density at radius 1 is 1.33 bits per heavy atom. The molecule has 0 radical (unpaired) electrons. The van der Waals surface area contributed by atoms with Crippen molar-refractivity contribution >= 4 is 24.9 Å². The van der Waals surface area contributed by atoms with Crippen LogP contribution in [0.15, 0.2) is 11.1 Å². The summed E-state index contributed by atoms with van der Waals surface area (Å²) in [6.07, 6.45) is -7.99. The second-order valence-electron chi connectivity index (χ2n) is 7.50. The Labute approximate surface area is 183 Å². The Bertz CT molecular complexity index is 1130. The van der Waals surface area contributed by atoms with E-state index in [-0.39, 0.29) is 17.1 Å². The Hall–Kier alpha value is -2.02. The Morgan fingerprint density at radius 3 is 2.73 bits per heavy atom. The quantitative estimate of drug-likeness (QED) is 0.135. The van der Waals surface area contributed by atoms with E-state index in [0.717, 1.165) is 10.9 Å². The molecular formula is C15H22N5O12P. The van der Waals surface area contributed by atoms with Gasteiger partial charge in [0.2, 0.25) is 5.95 Å². The minimum absolute atomic E-state index is 0.0390. The van der Waals surface area contributed by atoms with Crippen molar-refractivity contribution < 1.29 is 53.5 Å². The van der Waals surface area contributed by atoms with Gasteiger partial charge in [-0.1, -0.05) is 0 Å². The number of ether oxygens (including phenoxy) is 2. The minimum Gasteiger partial charge on any atom is -0.394 e. The Balaban J connectivity index is 1.44. The number of rotatable bonds is 7. The molecule has 4 heterocycles. The third-order valence-corrected chi connectivity index (χ3v) is 6.13. The van der Waals surface area contributed by atoms with Crippen LogP contribution in [-0.4, -0.2) is 99.7 Å². The number of aliphatic hydroxyl groups is 5. The van der Waals surface area contributed by atoms with Crippen LogP contribution >= 0.6 is 7.82 Å². The van der Waals surface area contributed by atoms with Gasteiger partial charge in [-0.25, -0.2) is 14.1 Å². The highest BCUT2D eigenvalue weighted by atomic mass is 31.2. The first-order chi connectivity index (χ1) is 15.4. The van der Waals surface area contributed by atoms with Crippen LogP contribution in [0.3, 0.4) is 0 Å². The summed E-state index contributed by atoms with van der Waals surface area (Å²) in [4.78, 5) is 31.9. The third-order valence-electron chi connectivity index (χ3n) is 5.13. The van der Waals surface area contributed by atoms with E-state index in [1.165, 1.54) is 0 Å². The summed E-state index contributed by atoms with van der Waals surface area (Å²) in [6.45, 7) is -1.46. The number of aromatic nitrogens is 4. The van der Waals surface area contributed by atoms with Crippen LogP contribution in [0.25, 0.3) is 11.2 Å². The summed E-state index contributed by atoms with van der Waals surface area (Å²) in [5.41, 5.74) is 4.75. The van der Waals surface area contributed by atoms with Crippen molar-refractivity contribution in [2.24, 2.45) is 0 Å². The predicted molar refractivity (Wildman–Crippen MR) is 103 cm³/mol. The molecule has 9 N–H and O–H groups in total. The molecule has 1 unspecified atom stereocenters. The van der Waals surface area contributed by atoms with Crippen LogP contribution in [0, 0.1) is 0 Å². The number of hydrogen-bond donors (Lipinski definition) is 8. The molecule has 184 valence electrons. The summed E-state index contributed by atoms with van der Waals surface area (Å²) < 4.78 is 33.0. The number of aliphatic hydroxyl groups excluding tert-OH is 4. The van der Waals surface area contributed by atoms with Crippen LogP contribution < -0.4 is 11.3 Å². The van der Waals surface area contributed by atoms with Crippen molar-refractivity contribution in [1.82, 2.24) is 19.5 Å². The lowest BCUT2D eigenvalue weighted by atomic mass is 10.1. The molecule has 2 saturated heterocycles. The Kier molecular flexibility index (Phi) is 6.31. The molecule has 4 rings (SSSR count). The van der Waals surface area contributed by atoms with E-state index in [1.54, 1.807) is 0 Å². The lowest BCUT2D eigenvalue weighted by molar-refractivity contribution is -0.316. The predicted octanol–water partition coefficient (Wildman–Crippen LogP) is -3.76. The summed E-state index contributed by atoms with van der Waals surface area (Å²) in [5, 5.41) is 49.5. The van der Waals surface area contributed by atoms with E-state index < -0.39 is 75.7 Å². The zero-order valence-corrected chi connectivity index (χ0v) is 17.6. The number of hydrogen-bond acceptors (Lipinski definition) is 14. The molecular weight excluding hydrogens is 473 g/mol. The van der Waals surface area contributed by atoms with Crippen molar-refractivity contribution in [2.75, 3.05) is 18.9 Å². The fourth-order valence-electron chi connectivity index (χ4n) is 3.58. The number of H-pyrrole nitrogens is 1. The highest BCUT2D eigenvalue weighted by Gasteiger charge is 2.51. The second-order valence-corrected chi connectivity index (χ2v) is 8.88. The molecule has 0 saturated carbocycles. The van der Waals surface area contributed by atoms with Crippen LogP contribution in [0.4, 0.5) is 5.95 Å². The number of nitrogens with zero attached hydrogens (tertiary/aromatic N) is 3. The average Bonchev–Trinajstić information content (AvgIpc) is 3.34. The number of fused-ring (bicyclic) bond motifs is 1. The van der Waals surface area contributed by atoms with E-state index in [4.69, 9.17) is 24.8 Å². The minimum atomic E-state index is -5.04. The molecule has 0 spiro atoms. The second kappa shape index (κ2) is 8.64. The van der Waals surface area contributed by atoms with Gasteiger partial charge in [-0.3, -0.25) is 18.9 Å². The molecule has 0 aliphatic carbocycles. The number of imidazole rings is 1. The lowest BCUT2D eigenvalue weighted by Gasteiger charge is -2.25. The van der Waals surface area contributed by atoms with Gasteiger partial charge in [-0.15, -0.1) is 0 Å². The largest absolute Gasteiger partial charge is 0.476 e. The number of anilines is 1. The molecule has 0 amide bonds. The normalized spacial score (nSPS) is 36.4. The molecule has 2 aromatic rings. The highest BCUT2D eigenvalue weighted by molar-refractivity contribution is 7.47. The van der Waals surface area contributed by atoms with Crippen molar-refractivity contribution in [2.45, 2.75) is 49.1 Å². The van der Waals surface area contributed by atoms with Gasteiger partial charge in [0.15, 0.2) is 17.4 Å². The van der Waals surface area contributed by atoms with Gasteiger partial charge in [-0.05, 0) is 0 Å². The van der Waals surface area contributed by atoms with Gasteiger partial charge in [-0.2, -0.15) is 4.98 Å². The third kappa shape index (κ3) is 4.66. The van der Waals surface area contributed by atoms with Crippen LogP contribution in [0.5, 0.6) is 0 Å². The number of nitrogens with one attached hydrogen (secondary N) is 1. The molecule has 2 aliphatic heterocycles. The fraction of sp³-hybridized carbons (Fsp3) is 0.667. The number of aromatic amines is 1. The standard InChI is InChI=1S/C15H22N5O12P/c16-14-18-11-8(12(25)19-14)17-4-20(11)13-10(24)9(23)7(30-13)3-29-33(27,28)32-15(26)1-5(22)6(2-21)31-15/h4-7,9-10,13,21-24,26H,1-3H2,(H,27,28)(H3,16,18,19,25)/t5-,6+,7+,9+,10+,13+,15-/m0/s1. The topological polar surface area (TPSA) is 265 Å². The molecule has 2 aliphatic rings. The number of nitrogen functional groups attached to an aromatic ring is 1. The van der Waals surface area contributed by atoms with Gasteiger partial charge in [0.05, 0.1) is 32.1 Å². The van der Waals surface area contributed by atoms with Crippen LogP contribution in [0.2, 0.25) is 0 Å². The molecule has 0 bridgehead atoms. The number of phosphoric ester groups is 1. The van der Waals surface area contributed by atoms with E-state index in [0.29, 0.717) is 0 Å². The van der Waals surface area contributed by atoms with E-state index in [2.05, 4.69) is 19.5 Å². The van der Waals surface area contributed by atoms with E-state index in [1.807, 2.05) is 0 Å². The van der Waals surface area contributed by atoms with Crippen molar-refractivity contribution in [3.05, 3.63) is 16.7 Å². The zero-order chi connectivity index (χ0) is 24.1. The summed E-state index contributed by atoms with van der Waals surface area (Å²) >= 11 is 0. The van der Waals surface area contributed by atoms with Crippen molar-refractivity contribution in [3.63, 3.8) is 0 Å². The first-order valence-corrected chi connectivity index (χ1v) is 11.0. The maximum Gasteiger partial charge on any atom is 0.476 e. The Morgan fingerprint density at radius 2 is 2.06 bits per heavy atom. The lowest BCUT2D eigenvalue weighted by Crippen LogP contribution is -2.35. The summed E-state index contributed by atoms with van der Waals surface area (Å²) in [5.74, 6) is -2.93. The van der Waals surface area contributed by atoms with Crippen LogP contribution in [0.1, 0.15) is 12.6 Å². The van der Waals surface area contributed by atoms with Gasteiger partial charge < -0.3 is 45.6 Å². The summed E-state index contributed by atoms with van der Waals surface area (Å²) in [7, 11) is -5.04. The van der Waals surface area contributed by atoms with Gasteiger partial charge in [0.1, 0.15) is 24.4 Å². The van der Waals surface area contributed by atoms with Gasteiger partial charge >= 0.3 is 7.82 Å². The molecule has 18 heteroatoms. The number of nitrogens with two attached hydrogens (primary N) is 1.